The summed E-state index contributed by atoms with van der Waals surface area (Å²) >= 11 is 0. The van der Waals surface area contributed by atoms with Gasteiger partial charge in [0, 0.05) is 0 Å². The number of furan rings is 2. The first kappa shape index (κ1) is 15.9. The van der Waals surface area contributed by atoms with Crippen LogP contribution in [0.5, 0.6) is 0 Å². The van der Waals surface area contributed by atoms with Gasteiger partial charge in [-0.25, -0.2) is 0 Å². The minimum atomic E-state index is 0.155. The lowest BCUT2D eigenvalue weighted by atomic mass is 9.96. The van der Waals surface area contributed by atoms with E-state index in [-0.39, 0.29) is 5.92 Å². The average molecular weight is 290 g/mol. The summed E-state index contributed by atoms with van der Waals surface area (Å²) in [7, 11) is 0. The zero-order valence-corrected chi connectivity index (χ0v) is 12.8. The molecule has 0 saturated heterocycles. The first-order chi connectivity index (χ1) is 10.3. The molecule has 4 heteroatoms. The van der Waals surface area contributed by atoms with E-state index < -0.39 is 0 Å². The van der Waals surface area contributed by atoms with E-state index in [0.717, 1.165) is 35.9 Å². The summed E-state index contributed by atoms with van der Waals surface area (Å²) in [4.78, 5) is 0. The van der Waals surface area contributed by atoms with Crippen molar-refractivity contribution < 1.29 is 8.83 Å². The van der Waals surface area contributed by atoms with Crippen molar-refractivity contribution in [2.75, 3.05) is 0 Å². The minimum absolute atomic E-state index is 0.155. The normalized spacial score (nSPS) is 11.4. The average Bonchev–Trinajstić information content (AvgIpc) is 3.16. The van der Waals surface area contributed by atoms with Crippen molar-refractivity contribution in [3.63, 3.8) is 0 Å². The second-order valence-corrected chi connectivity index (χ2v) is 5.42. The highest BCUT2D eigenvalue weighted by atomic mass is 16.4. The Morgan fingerprint density at radius 2 is 1.43 bits per heavy atom. The number of rotatable bonds is 9. The standard InChI is InChI=1S/C17H26N2O2/c1-2-3-4-5-6-15(16-9-7-13(11-18)20-16)17-10-8-14(12-19)21-17/h7-10,15H,2-6,11-12,18-19H2,1H3. The fourth-order valence-electron chi connectivity index (χ4n) is 2.58. The lowest BCUT2D eigenvalue weighted by molar-refractivity contribution is 0.381. The van der Waals surface area contributed by atoms with Crippen LogP contribution in [-0.2, 0) is 13.1 Å². The molecule has 2 rings (SSSR count). The van der Waals surface area contributed by atoms with Crippen molar-refractivity contribution in [3.05, 3.63) is 47.3 Å². The zero-order chi connectivity index (χ0) is 15.1. The molecule has 0 fully saturated rings. The maximum absolute atomic E-state index is 5.83. The topological polar surface area (TPSA) is 78.3 Å². The van der Waals surface area contributed by atoms with Gasteiger partial charge < -0.3 is 20.3 Å². The Hall–Kier alpha value is -1.52. The van der Waals surface area contributed by atoms with E-state index in [4.69, 9.17) is 20.3 Å². The Balaban J connectivity index is 2.12. The van der Waals surface area contributed by atoms with Crippen LogP contribution in [0.15, 0.2) is 33.1 Å². The van der Waals surface area contributed by atoms with E-state index in [0.29, 0.717) is 13.1 Å². The van der Waals surface area contributed by atoms with Crippen LogP contribution in [0.3, 0.4) is 0 Å². The Morgan fingerprint density at radius 1 is 0.857 bits per heavy atom. The van der Waals surface area contributed by atoms with Crippen LogP contribution in [0.25, 0.3) is 0 Å². The maximum Gasteiger partial charge on any atom is 0.117 e. The molecule has 2 aromatic heterocycles. The third-order valence-corrected chi connectivity index (χ3v) is 3.80. The molecule has 116 valence electrons. The van der Waals surface area contributed by atoms with Gasteiger partial charge in [-0.05, 0) is 30.7 Å². The van der Waals surface area contributed by atoms with E-state index in [1.54, 1.807) is 0 Å². The van der Waals surface area contributed by atoms with E-state index in [2.05, 4.69) is 6.92 Å². The van der Waals surface area contributed by atoms with Gasteiger partial charge in [-0.1, -0.05) is 32.6 Å². The molecule has 0 aliphatic rings. The molecule has 0 spiro atoms. The van der Waals surface area contributed by atoms with E-state index >= 15 is 0 Å². The summed E-state index contributed by atoms with van der Waals surface area (Å²) in [6, 6.07) is 7.91. The van der Waals surface area contributed by atoms with Gasteiger partial charge in [-0.2, -0.15) is 0 Å². The number of hydrogen-bond donors (Lipinski definition) is 2. The molecule has 0 atom stereocenters. The van der Waals surface area contributed by atoms with E-state index in [1.807, 2.05) is 24.3 Å². The molecule has 0 saturated carbocycles. The van der Waals surface area contributed by atoms with Gasteiger partial charge in [0.25, 0.3) is 0 Å². The molecule has 0 unspecified atom stereocenters. The number of nitrogens with two attached hydrogens (primary N) is 2. The van der Waals surface area contributed by atoms with Crippen LogP contribution in [-0.4, -0.2) is 0 Å². The van der Waals surface area contributed by atoms with Gasteiger partial charge in [0.05, 0.1) is 19.0 Å². The van der Waals surface area contributed by atoms with Crippen molar-refractivity contribution >= 4 is 0 Å². The highest BCUT2D eigenvalue weighted by Gasteiger charge is 2.21. The van der Waals surface area contributed by atoms with Crippen LogP contribution < -0.4 is 11.5 Å². The third kappa shape index (κ3) is 4.22. The third-order valence-electron chi connectivity index (χ3n) is 3.80. The van der Waals surface area contributed by atoms with Crippen molar-refractivity contribution in [2.24, 2.45) is 11.5 Å². The predicted octanol–water partition coefficient (Wildman–Crippen LogP) is 3.89. The highest BCUT2D eigenvalue weighted by Crippen LogP contribution is 2.32. The fraction of sp³-hybridized carbons (Fsp3) is 0.529. The molecule has 21 heavy (non-hydrogen) atoms. The zero-order valence-electron chi connectivity index (χ0n) is 12.8. The molecule has 0 bridgehead atoms. The first-order valence-corrected chi connectivity index (χ1v) is 7.85. The molecule has 0 aliphatic heterocycles. The predicted molar refractivity (Wildman–Crippen MR) is 83.8 cm³/mol. The molecule has 2 heterocycles. The van der Waals surface area contributed by atoms with Gasteiger partial charge in [-0.15, -0.1) is 0 Å². The van der Waals surface area contributed by atoms with Crippen LogP contribution >= 0.6 is 0 Å². The SMILES string of the molecule is CCCCCCC(c1ccc(CN)o1)c1ccc(CN)o1. The van der Waals surface area contributed by atoms with Crippen LogP contribution in [0.2, 0.25) is 0 Å². The fourth-order valence-corrected chi connectivity index (χ4v) is 2.58. The first-order valence-electron chi connectivity index (χ1n) is 7.85. The summed E-state index contributed by atoms with van der Waals surface area (Å²) in [5.74, 6) is 3.65. The van der Waals surface area contributed by atoms with Gasteiger partial charge in [0.1, 0.15) is 23.0 Å². The quantitative estimate of drug-likeness (QED) is 0.687. The van der Waals surface area contributed by atoms with Gasteiger partial charge in [0.2, 0.25) is 0 Å². The summed E-state index contributed by atoms with van der Waals surface area (Å²) in [6.45, 7) is 3.07. The lowest BCUT2D eigenvalue weighted by Gasteiger charge is -2.12. The van der Waals surface area contributed by atoms with E-state index in [1.165, 1.54) is 19.3 Å². The van der Waals surface area contributed by atoms with Crippen LogP contribution in [0, 0.1) is 0 Å². The molecule has 0 aromatic carbocycles. The molecule has 0 radical (unpaired) electrons. The summed E-state index contributed by atoms with van der Waals surface area (Å²) in [6.07, 6.45) is 5.93. The number of hydrogen-bond acceptors (Lipinski definition) is 4. The Labute approximate surface area is 126 Å². The summed E-state index contributed by atoms with van der Waals surface area (Å²) < 4.78 is 11.7. The molecule has 0 amide bonds. The van der Waals surface area contributed by atoms with Gasteiger partial charge >= 0.3 is 0 Å². The van der Waals surface area contributed by atoms with Crippen molar-refractivity contribution in [3.8, 4) is 0 Å². The van der Waals surface area contributed by atoms with Gasteiger partial charge in [-0.3, -0.25) is 0 Å². The van der Waals surface area contributed by atoms with E-state index in [9.17, 15) is 0 Å². The molecule has 4 N–H and O–H groups in total. The molecular weight excluding hydrogens is 264 g/mol. The molecule has 4 nitrogen and oxygen atoms in total. The van der Waals surface area contributed by atoms with Crippen molar-refractivity contribution in [2.45, 2.75) is 58.0 Å². The maximum atomic E-state index is 5.83. The Bertz CT molecular complexity index is 488. The second-order valence-electron chi connectivity index (χ2n) is 5.42. The minimum Gasteiger partial charge on any atom is -0.464 e. The second kappa shape index (κ2) is 8.05. The highest BCUT2D eigenvalue weighted by molar-refractivity contribution is 5.22. The van der Waals surface area contributed by atoms with Crippen molar-refractivity contribution in [1.29, 1.82) is 0 Å². The Kier molecular flexibility index (Phi) is 6.08. The van der Waals surface area contributed by atoms with Gasteiger partial charge in [0.15, 0.2) is 0 Å². The Morgan fingerprint density at radius 3 is 1.86 bits per heavy atom. The largest absolute Gasteiger partial charge is 0.464 e. The van der Waals surface area contributed by atoms with Crippen molar-refractivity contribution in [1.82, 2.24) is 0 Å². The van der Waals surface area contributed by atoms with Crippen LogP contribution in [0.1, 0.15) is 68.0 Å². The monoisotopic (exact) mass is 290 g/mol. The van der Waals surface area contributed by atoms with Crippen LogP contribution in [0.4, 0.5) is 0 Å². The lowest BCUT2D eigenvalue weighted by Crippen LogP contribution is -2.00. The summed E-state index contributed by atoms with van der Waals surface area (Å²) in [5, 5.41) is 0. The molecule has 0 aliphatic carbocycles. The molecule has 2 aromatic rings. The molecular formula is C17H26N2O2. The number of unbranched alkanes of at least 4 members (excludes halogenated alkanes) is 3. The smallest absolute Gasteiger partial charge is 0.117 e. The summed E-state index contributed by atoms with van der Waals surface area (Å²) in [5.41, 5.74) is 11.3.